The molecule has 0 heterocycles. The summed E-state index contributed by atoms with van der Waals surface area (Å²) in [6, 6.07) is 0.556. The molecule has 0 bridgehead atoms. The molecule has 0 aromatic heterocycles. The van der Waals surface area contributed by atoms with Crippen LogP contribution in [0.25, 0.3) is 0 Å². The molecule has 0 aliphatic heterocycles. The van der Waals surface area contributed by atoms with Crippen LogP contribution < -0.4 is 5.73 Å². The fraction of sp³-hybridized carbons (Fsp3) is 0.941. The van der Waals surface area contributed by atoms with Crippen LogP contribution in [0.4, 0.5) is 0 Å². The van der Waals surface area contributed by atoms with Gasteiger partial charge in [0.1, 0.15) is 0 Å². The average molecular weight is 317 g/mol. The maximum Gasteiger partial charge on any atom is 0.222 e. The van der Waals surface area contributed by atoms with Gasteiger partial charge in [-0.25, -0.2) is 0 Å². The standard InChI is InChI=1S/C17H32N2O.ClH/c18-13-7-2-1-6-10-17(20)19(14-15-11-12-15)16-8-4-3-5-9-16;/h15-16H,1-14,18H2;1H. The molecule has 2 fully saturated rings. The van der Waals surface area contributed by atoms with Gasteiger partial charge in [0.2, 0.25) is 5.91 Å². The summed E-state index contributed by atoms with van der Waals surface area (Å²) in [7, 11) is 0. The highest BCUT2D eigenvalue weighted by molar-refractivity contribution is 5.85. The van der Waals surface area contributed by atoms with Crippen molar-refractivity contribution in [3.05, 3.63) is 0 Å². The van der Waals surface area contributed by atoms with E-state index in [4.69, 9.17) is 5.73 Å². The third-order valence-corrected chi connectivity index (χ3v) is 4.83. The van der Waals surface area contributed by atoms with E-state index in [9.17, 15) is 4.79 Å². The molecule has 1 amide bonds. The molecule has 2 rings (SSSR count). The van der Waals surface area contributed by atoms with E-state index in [1.807, 2.05) is 0 Å². The zero-order chi connectivity index (χ0) is 14.2. The predicted molar refractivity (Wildman–Crippen MR) is 90.7 cm³/mol. The normalized spacial score (nSPS) is 19.1. The van der Waals surface area contributed by atoms with Crippen LogP contribution in [0.5, 0.6) is 0 Å². The van der Waals surface area contributed by atoms with E-state index in [1.54, 1.807) is 0 Å². The summed E-state index contributed by atoms with van der Waals surface area (Å²) in [6.45, 7) is 1.83. The number of hydrogen-bond donors (Lipinski definition) is 1. The average Bonchev–Trinajstić information content (AvgIpc) is 3.29. The molecular formula is C17H33ClN2O. The summed E-state index contributed by atoms with van der Waals surface area (Å²) in [5.74, 6) is 1.25. The van der Waals surface area contributed by atoms with Crippen LogP contribution in [0.15, 0.2) is 0 Å². The number of nitrogens with two attached hydrogens (primary N) is 1. The Morgan fingerprint density at radius 2 is 1.62 bits per heavy atom. The molecule has 0 atom stereocenters. The molecule has 21 heavy (non-hydrogen) atoms. The number of rotatable bonds is 9. The molecular weight excluding hydrogens is 284 g/mol. The molecule has 0 radical (unpaired) electrons. The van der Waals surface area contributed by atoms with Crippen molar-refractivity contribution in [1.29, 1.82) is 0 Å². The second-order valence-corrected chi connectivity index (χ2v) is 6.73. The van der Waals surface area contributed by atoms with Crippen molar-refractivity contribution in [3.63, 3.8) is 0 Å². The van der Waals surface area contributed by atoms with Crippen molar-refractivity contribution in [2.24, 2.45) is 11.7 Å². The molecule has 0 unspecified atom stereocenters. The first-order chi connectivity index (χ1) is 9.81. The highest BCUT2D eigenvalue weighted by atomic mass is 35.5. The molecule has 0 aromatic rings. The first-order valence-electron chi connectivity index (χ1n) is 8.81. The number of unbranched alkanes of at least 4 members (excludes halogenated alkanes) is 3. The minimum Gasteiger partial charge on any atom is -0.339 e. The Hall–Kier alpha value is -0.280. The van der Waals surface area contributed by atoms with Crippen molar-refractivity contribution >= 4 is 18.3 Å². The van der Waals surface area contributed by atoms with Gasteiger partial charge in [0, 0.05) is 19.0 Å². The van der Waals surface area contributed by atoms with Crippen LogP contribution >= 0.6 is 12.4 Å². The van der Waals surface area contributed by atoms with Crippen molar-refractivity contribution in [2.45, 2.75) is 83.1 Å². The lowest BCUT2D eigenvalue weighted by molar-refractivity contribution is -0.134. The largest absolute Gasteiger partial charge is 0.339 e. The van der Waals surface area contributed by atoms with Crippen LogP contribution in [-0.2, 0) is 4.79 Å². The maximum absolute atomic E-state index is 12.5. The van der Waals surface area contributed by atoms with Crippen LogP contribution in [0, 0.1) is 5.92 Å². The quantitative estimate of drug-likeness (QED) is 0.656. The monoisotopic (exact) mass is 316 g/mol. The number of hydrogen-bond acceptors (Lipinski definition) is 2. The van der Waals surface area contributed by atoms with Gasteiger partial charge in [-0.05, 0) is 51.0 Å². The lowest BCUT2D eigenvalue weighted by Crippen LogP contribution is -2.42. The lowest BCUT2D eigenvalue weighted by Gasteiger charge is -2.34. The second-order valence-electron chi connectivity index (χ2n) is 6.73. The highest BCUT2D eigenvalue weighted by Crippen LogP contribution is 2.33. The molecule has 124 valence electrons. The number of carbonyl (C=O) groups is 1. The van der Waals surface area contributed by atoms with Crippen molar-refractivity contribution < 1.29 is 4.79 Å². The van der Waals surface area contributed by atoms with E-state index in [1.165, 1.54) is 51.4 Å². The summed E-state index contributed by atoms with van der Waals surface area (Å²) in [5.41, 5.74) is 5.50. The summed E-state index contributed by atoms with van der Waals surface area (Å²) < 4.78 is 0. The van der Waals surface area contributed by atoms with Gasteiger partial charge >= 0.3 is 0 Å². The number of carbonyl (C=O) groups excluding carboxylic acids is 1. The van der Waals surface area contributed by atoms with Crippen molar-refractivity contribution in [3.8, 4) is 0 Å². The Kier molecular flexibility index (Phi) is 9.34. The smallest absolute Gasteiger partial charge is 0.222 e. The van der Waals surface area contributed by atoms with Gasteiger partial charge in [-0.2, -0.15) is 0 Å². The molecule has 2 aliphatic carbocycles. The first kappa shape index (κ1) is 18.8. The Morgan fingerprint density at radius 1 is 0.952 bits per heavy atom. The number of halogens is 1. The Labute approximate surface area is 136 Å². The van der Waals surface area contributed by atoms with E-state index in [-0.39, 0.29) is 12.4 Å². The molecule has 0 saturated heterocycles. The molecule has 0 aromatic carbocycles. The number of amides is 1. The highest BCUT2D eigenvalue weighted by Gasteiger charge is 2.31. The molecule has 0 spiro atoms. The van der Waals surface area contributed by atoms with Gasteiger partial charge in [0.05, 0.1) is 0 Å². The SMILES string of the molecule is Cl.NCCCCCCC(=O)N(CC1CC1)C1CCCCC1. The van der Waals surface area contributed by atoms with Gasteiger partial charge in [-0.15, -0.1) is 12.4 Å². The summed E-state index contributed by atoms with van der Waals surface area (Å²) >= 11 is 0. The van der Waals surface area contributed by atoms with Gasteiger partial charge < -0.3 is 10.6 Å². The molecule has 3 nitrogen and oxygen atoms in total. The van der Waals surface area contributed by atoms with Gasteiger partial charge in [0.15, 0.2) is 0 Å². The van der Waals surface area contributed by atoms with E-state index in [0.717, 1.165) is 44.7 Å². The van der Waals surface area contributed by atoms with E-state index in [2.05, 4.69) is 4.90 Å². The zero-order valence-electron chi connectivity index (χ0n) is 13.4. The summed E-state index contributed by atoms with van der Waals surface area (Å²) in [5, 5.41) is 0. The van der Waals surface area contributed by atoms with Crippen LogP contribution in [0.3, 0.4) is 0 Å². The fourth-order valence-corrected chi connectivity index (χ4v) is 3.34. The van der Waals surface area contributed by atoms with Crippen LogP contribution in [-0.4, -0.2) is 29.9 Å². The van der Waals surface area contributed by atoms with E-state index < -0.39 is 0 Å². The van der Waals surface area contributed by atoms with E-state index >= 15 is 0 Å². The fourth-order valence-electron chi connectivity index (χ4n) is 3.34. The summed E-state index contributed by atoms with van der Waals surface area (Å²) in [6.07, 6.45) is 14.4. The third kappa shape index (κ3) is 7.01. The van der Waals surface area contributed by atoms with Gasteiger partial charge in [0.25, 0.3) is 0 Å². The first-order valence-corrected chi connectivity index (χ1v) is 8.81. The molecule has 4 heteroatoms. The number of nitrogens with zero attached hydrogens (tertiary/aromatic N) is 1. The maximum atomic E-state index is 12.5. The molecule has 2 N–H and O–H groups in total. The minimum atomic E-state index is 0. The summed E-state index contributed by atoms with van der Waals surface area (Å²) in [4.78, 5) is 14.8. The Bertz CT molecular complexity index is 289. The zero-order valence-corrected chi connectivity index (χ0v) is 14.2. The van der Waals surface area contributed by atoms with Crippen molar-refractivity contribution in [2.75, 3.05) is 13.1 Å². The van der Waals surface area contributed by atoms with Crippen LogP contribution in [0.2, 0.25) is 0 Å². The van der Waals surface area contributed by atoms with Crippen molar-refractivity contribution in [1.82, 2.24) is 4.90 Å². The Balaban J connectivity index is 0.00000220. The minimum absolute atomic E-state index is 0. The van der Waals surface area contributed by atoms with Gasteiger partial charge in [-0.3, -0.25) is 4.79 Å². The molecule has 2 aliphatic rings. The van der Waals surface area contributed by atoms with Gasteiger partial charge in [-0.1, -0.05) is 32.1 Å². The molecule has 2 saturated carbocycles. The second kappa shape index (κ2) is 10.4. The topological polar surface area (TPSA) is 46.3 Å². The predicted octanol–water partition coefficient (Wildman–Crippen LogP) is 3.89. The van der Waals surface area contributed by atoms with Crippen LogP contribution in [0.1, 0.15) is 77.0 Å². The Morgan fingerprint density at radius 3 is 2.24 bits per heavy atom. The third-order valence-electron chi connectivity index (χ3n) is 4.83. The lowest BCUT2D eigenvalue weighted by atomic mass is 9.93. The van der Waals surface area contributed by atoms with E-state index in [0.29, 0.717) is 11.9 Å².